The van der Waals surface area contributed by atoms with Crippen molar-refractivity contribution in [1.82, 2.24) is 5.32 Å². The van der Waals surface area contributed by atoms with E-state index in [4.69, 9.17) is 5.26 Å². The zero-order valence-corrected chi connectivity index (χ0v) is 13.6. The lowest BCUT2D eigenvalue weighted by Crippen LogP contribution is -2.23. The number of carbonyl (C=O) groups excluding carboxylic acids is 1. The summed E-state index contributed by atoms with van der Waals surface area (Å²) in [5.74, 6) is -0.0464. The molecule has 0 aliphatic heterocycles. The number of non-ortho nitro benzene ring substituents is 1. The van der Waals surface area contributed by atoms with E-state index in [1.807, 2.05) is 18.2 Å². The Morgan fingerprint density at radius 2 is 1.80 bits per heavy atom. The van der Waals surface area contributed by atoms with Crippen molar-refractivity contribution in [3.8, 4) is 6.07 Å². The van der Waals surface area contributed by atoms with E-state index >= 15 is 0 Å². The first-order valence-corrected chi connectivity index (χ1v) is 7.82. The molecule has 7 nitrogen and oxygen atoms in total. The van der Waals surface area contributed by atoms with E-state index in [9.17, 15) is 14.9 Å². The maximum atomic E-state index is 11.8. The minimum atomic E-state index is -0.442. The van der Waals surface area contributed by atoms with Crippen LogP contribution < -0.4 is 10.6 Å². The summed E-state index contributed by atoms with van der Waals surface area (Å²) < 4.78 is 0. The van der Waals surface area contributed by atoms with Crippen LogP contribution in [-0.4, -0.2) is 17.4 Å². The minimum Gasteiger partial charge on any atom is -0.385 e. The molecule has 2 aromatic rings. The van der Waals surface area contributed by atoms with Crippen LogP contribution in [0.25, 0.3) is 0 Å². The van der Waals surface area contributed by atoms with Gasteiger partial charge in [-0.3, -0.25) is 14.9 Å². The van der Waals surface area contributed by atoms with Gasteiger partial charge in [0, 0.05) is 37.3 Å². The summed E-state index contributed by atoms with van der Waals surface area (Å²) in [7, 11) is 0. The molecule has 0 saturated heterocycles. The van der Waals surface area contributed by atoms with Crippen LogP contribution in [0.4, 0.5) is 11.4 Å². The molecule has 0 bridgehead atoms. The maximum absolute atomic E-state index is 11.8. The van der Waals surface area contributed by atoms with Gasteiger partial charge < -0.3 is 10.6 Å². The van der Waals surface area contributed by atoms with Gasteiger partial charge in [0.2, 0.25) is 5.91 Å². The first-order valence-electron chi connectivity index (χ1n) is 7.82. The van der Waals surface area contributed by atoms with E-state index in [0.29, 0.717) is 31.5 Å². The number of nitriles is 1. The van der Waals surface area contributed by atoms with Gasteiger partial charge in [-0.2, -0.15) is 5.26 Å². The Balaban J connectivity index is 1.64. The lowest BCUT2D eigenvalue weighted by atomic mass is 10.1. The van der Waals surface area contributed by atoms with Gasteiger partial charge in [-0.25, -0.2) is 0 Å². The zero-order chi connectivity index (χ0) is 18.1. The average molecular weight is 338 g/mol. The molecule has 0 atom stereocenters. The van der Waals surface area contributed by atoms with Crippen molar-refractivity contribution < 1.29 is 9.72 Å². The molecular formula is C18H18N4O3. The molecule has 0 fully saturated rings. The van der Waals surface area contributed by atoms with E-state index in [0.717, 1.165) is 11.3 Å². The molecule has 0 heterocycles. The van der Waals surface area contributed by atoms with Gasteiger partial charge in [-0.15, -0.1) is 0 Å². The van der Waals surface area contributed by atoms with Gasteiger partial charge in [-0.05, 0) is 36.2 Å². The highest BCUT2D eigenvalue weighted by Crippen LogP contribution is 2.15. The monoisotopic (exact) mass is 338 g/mol. The molecule has 0 radical (unpaired) electrons. The van der Waals surface area contributed by atoms with Crippen molar-refractivity contribution in [2.75, 3.05) is 11.9 Å². The molecule has 0 unspecified atom stereocenters. The molecule has 0 saturated carbocycles. The summed E-state index contributed by atoms with van der Waals surface area (Å²) in [5.41, 5.74) is 2.36. The molecule has 0 aliphatic carbocycles. The van der Waals surface area contributed by atoms with Crippen molar-refractivity contribution in [3.05, 3.63) is 69.8 Å². The van der Waals surface area contributed by atoms with E-state index in [1.165, 1.54) is 12.1 Å². The van der Waals surface area contributed by atoms with Crippen LogP contribution in [0, 0.1) is 21.4 Å². The summed E-state index contributed by atoms with van der Waals surface area (Å²) in [5, 5.41) is 25.3. The van der Waals surface area contributed by atoms with Crippen molar-refractivity contribution >= 4 is 17.3 Å². The summed E-state index contributed by atoms with van der Waals surface area (Å²) in [6.07, 6.45) is 1.03. The van der Waals surface area contributed by atoms with E-state index in [-0.39, 0.29) is 11.6 Å². The van der Waals surface area contributed by atoms with Gasteiger partial charge >= 0.3 is 0 Å². The lowest BCUT2D eigenvalue weighted by molar-refractivity contribution is -0.384. The molecule has 0 spiro atoms. The van der Waals surface area contributed by atoms with Crippen LogP contribution in [0.5, 0.6) is 0 Å². The lowest BCUT2D eigenvalue weighted by Gasteiger charge is -2.07. The van der Waals surface area contributed by atoms with Crippen LogP contribution in [0.2, 0.25) is 0 Å². The largest absolute Gasteiger partial charge is 0.385 e. The number of hydrogen-bond donors (Lipinski definition) is 2. The molecular weight excluding hydrogens is 320 g/mol. The summed E-state index contributed by atoms with van der Waals surface area (Å²) >= 11 is 0. The Labute approximate surface area is 145 Å². The van der Waals surface area contributed by atoms with E-state index in [1.54, 1.807) is 24.3 Å². The van der Waals surface area contributed by atoms with Crippen molar-refractivity contribution in [1.29, 1.82) is 5.26 Å². The Hall–Kier alpha value is -3.40. The van der Waals surface area contributed by atoms with Crippen LogP contribution >= 0.6 is 0 Å². The number of hydrogen-bond acceptors (Lipinski definition) is 5. The van der Waals surface area contributed by atoms with Crippen LogP contribution in [0.15, 0.2) is 48.5 Å². The van der Waals surface area contributed by atoms with Crippen LogP contribution in [-0.2, 0) is 11.3 Å². The van der Waals surface area contributed by atoms with Gasteiger partial charge in [0.05, 0.1) is 16.6 Å². The summed E-state index contributed by atoms with van der Waals surface area (Å²) in [6, 6.07) is 15.3. The number of rotatable bonds is 8. The highest BCUT2D eigenvalue weighted by atomic mass is 16.6. The topological polar surface area (TPSA) is 108 Å². The predicted molar refractivity (Wildman–Crippen MR) is 93.8 cm³/mol. The van der Waals surface area contributed by atoms with Gasteiger partial charge in [0.25, 0.3) is 5.69 Å². The van der Waals surface area contributed by atoms with Gasteiger partial charge in [0.15, 0.2) is 0 Å². The standard InChI is InChI=1S/C18H18N4O3/c19-12-14-3-5-15(6-4-14)13-21-18(23)2-1-11-20-16-7-9-17(10-8-16)22(24)25/h3-10,20H,1-2,11,13H2,(H,21,23). The minimum absolute atomic E-state index is 0.0464. The second-order valence-corrected chi connectivity index (χ2v) is 5.42. The number of nitrogens with zero attached hydrogens (tertiary/aromatic N) is 2. The molecule has 2 N–H and O–H groups in total. The number of nitro benzene ring substituents is 1. The Morgan fingerprint density at radius 1 is 1.12 bits per heavy atom. The third-order valence-electron chi connectivity index (χ3n) is 3.56. The van der Waals surface area contributed by atoms with E-state index in [2.05, 4.69) is 10.6 Å². The molecule has 2 rings (SSSR count). The number of benzene rings is 2. The quantitative estimate of drug-likeness (QED) is 0.437. The van der Waals surface area contributed by atoms with Crippen molar-refractivity contribution in [2.45, 2.75) is 19.4 Å². The SMILES string of the molecule is N#Cc1ccc(CNC(=O)CCCNc2ccc([N+](=O)[O-])cc2)cc1. The first-order chi connectivity index (χ1) is 12.1. The number of carbonyl (C=O) groups is 1. The van der Waals surface area contributed by atoms with Crippen molar-refractivity contribution in [2.24, 2.45) is 0 Å². The molecule has 7 heteroatoms. The summed E-state index contributed by atoms with van der Waals surface area (Å²) in [4.78, 5) is 21.9. The van der Waals surface area contributed by atoms with Crippen LogP contribution in [0.1, 0.15) is 24.0 Å². The normalized spacial score (nSPS) is 9.88. The smallest absolute Gasteiger partial charge is 0.269 e. The maximum Gasteiger partial charge on any atom is 0.269 e. The van der Waals surface area contributed by atoms with E-state index < -0.39 is 4.92 Å². The van der Waals surface area contributed by atoms with Crippen LogP contribution in [0.3, 0.4) is 0 Å². The molecule has 25 heavy (non-hydrogen) atoms. The summed E-state index contributed by atoms with van der Waals surface area (Å²) in [6.45, 7) is 1.03. The first kappa shape index (κ1) is 17.9. The fraction of sp³-hybridized carbons (Fsp3) is 0.222. The number of amides is 1. The number of nitrogens with one attached hydrogen (secondary N) is 2. The molecule has 2 aromatic carbocycles. The fourth-order valence-corrected chi connectivity index (χ4v) is 2.17. The highest BCUT2D eigenvalue weighted by molar-refractivity contribution is 5.75. The average Bonchev–Trinajstić information content (AvgIpc) is 2.64. The molecule has 0 aliphatic rings. The number of nitro groups is 1. The second-order valence-electron chi connectivity index (χ2n) is 5.42. The third-order valence-corrected chi connectivity index (χ3v) is 3.56. The fourth-order valence-electron chi connectivity index (χ4n) is 2.17. The number of anilines is 1. The van der Waals surface area contributed by atoms with Gasteiger partial charge in [0.1, 0.15) is 0 Å². The van der Waals surface area contributed by atoms with Crippen molar-refractivity contribution in [3.63, 3.8) is 0 Å². The molecule has 1 amide bonds. The zero-order valence-electron chi connectivity index (χ0n) is 13.6. The predicted octanol–water partition coefficient (Wildman–Crippen LogP) is 2.97. The Kier molecular flexibility index (Phi) is 6.48. The molecule has 128 valence electrons. The highest BCUT2D eigenvalue weighted by Gasteiger charge is 2.04. The second kappa shape index (κ2) is 9.03. The third kappa shape index (κ3) is 5.95. The Bertz CT molecular complexity index is 764. The van der Waals surface area contributed by atoms with Gasteiger partial charge in [-0.1, -0.05) is 12.1 Å². The molecule has 0 aromatic heterocycles. The Morgan fingerprint density at radius 3 is 2.40 bits per heavy atom.